The number of fused-ring (bicyclic) bond motifs is 2. The van der Waals surface area contributed by atoms with Crippen molar-refractivity contribution in [1.82, 2.24) is 14.6 Å². The molecule has 3 heterocycles. The Morgan fingerprint density at radius 2 is 2.05 bits per heavy atom. The first-order chi connectivity index (χ1) is 9.70. The molecule has 0 saturated heterocycles. The third-order valence-corrected chi connectivity index (χ3v) is 3.23. The summed E-state index contributed by atoms with van der Waals surface area (Å²) in [7, 11) is 0. The van der Waals surface area contributed by atoms with E-state index in [-0.39, 0.29) is 6.79 Å². The molecule has 2 aromatic heterocycles. The SMILES string of the molecule is Cc1cc(N)c2nc(-c3ccc4c(c3)OCO4)nn2c1. The van der Waals surface area contributed by atoms with E-state index in [1.807, 2.05) is 37.4 Å². The lowest BCUT2D eigenvalue weighted by molar-refractivity contribution is 0.174. The van der Waals surface area contributed by atoms with Crippen molar-refractivity contribution in [3.63, 3.8) is 0 Å². The Kier molecular flexibility index (Phi) is 2.14. The van der Waals surface area contributed by atoms with E-state index < -0.39 is 0 Å². The predicted octanol–water partition coefficient (Wildman–Crippen LogP) is 2.02. The van der Waals surface area contributed by atoms with Gasteiger partial charge in [0.15, 0.2) is 23.0 Å². The van der Waals surface area contributed by atoms with E-state index in [1.54, 1.807) is 4.52 Å². The first-order valence-corrected chi connectivity index (χ1v) is 6.23. The number of hydrogen-bond acceptors (Lipinski definition) is 5. The fourth-order valence-corrected chi connectivity index (χ4v) is 2.31. The molecule has 1 aliphatic heterocycles. The molecule has 4 rings (SSSR count). The highest BCUT2D eigenvalue weighted by Crippen LogP contribution is 2.35. The Balaban J connectivity index is 1.88. The molecule has 2 N–H and O–H groups in total. The van der Waals surface area contributed by atoms with Crippen LogP contribution in [0.2, 0.25) is 0 Å². The Labute approximate surface area is 114 Å². The van der Waals surface area contributed by atoms with Crippen LogP contribution in [0, 0.1) is 6.92 Å². The van der Waals surface area contributed by atoms with Gasteiger partial charge in [-0.3, -0.25) is 0 Å². The van der Waals surface area contributed by atoms with Crippen LogP contribution in [0.15, 0.2) is 30.5 Å². The molecule has 6 nitrogen and oxygen atoms in total. The maximum Gasteiger partial charge on any atom is 0.231 e. The quantitative estimate of drug-likeness (QED) is 0.730. The first-order valence-electron chi connectivity index (χ1n) is 6.23. The largest absolute Gasteiger partial charge is 0.454 e. The zero-order valence-corrected chi connectivity index (χ0v) is 10.8. The van der Waals surface area contributed by atoms with Crippen LogP contribution in [-0.4, -0.2) is 21.4 Å². The number of rotatable bonds is 1. The van der Waals surface area contributed by atoms with Crippen molar-refractivity contribution in [2.45, 2.75) is 6.92 Å². The number of ether oxygens (including phenoxy) is 2. The van der Waals surface area contributed by atoms with Crippen LogP contribution in [-0.2, 0) is 0 Å². The van der Waals surface area contributed by atoms with Crippen LogP contribution in [0.25, 0.3) is 17.0 Å². The van der Waals surface area contributed by atoms with Crippen LogP contribution >= 0.6 is 0 Å². The molecule has 0 bridgehead atoms. The smallest absolute Gasteiger partial charge is 0.231 e. The van der Waals surface area contributed by atoms with Crippen molar-refractivity contribution in [2.75, 3.05) is 12.5 Å². The molecule has 0 unspecified atom stereocenters. The molecule has 0 radical (unpaired) electrons. The van der Waals surface area contributed by atoms with Crippen LogP contribution < -0.4 is 15.2 Å². The van der Waals surface area contributed by atoms with E-state index in [0.29, 0.717) is 22.9 Å². The number of aryl methyl sites for hydroxylation is 1. The molecule has 1 aliphatic rings. The van der Waals surface area contributed by atoms with Gasteiger partial charge < -0.3 is 15.2 Å². The number of nitrogens with zero attached hydrogens (tertiary/aromatic N) is 3. The second-order valence-corrected chi connectivity index (χ2v) is 4.74. The van der Waals surface area contributed by atoms with Gasteiger partial charge in [-0.25, -0.2) is 9.50 Å². The molecule has 6 heteroatoms. The van der Waals surface area contributed by atoms with Crippen molar-refractivity contribution < 1.29 is 9.47 Å². The van der Waals surface area contributed by atoms with E-state index >= 15 is 0 Å². The minimum Gasteiger partial charge on any atom is -0.454 e. The summed E-state index contributed by atoms with van der Waals surface area (Å²) in [6, 6.07) is 7.52. The highest BCUT2D eigenvalue weighted by Gasteiger charge is 2.16. The minimum atomic E-state index is 0.253. The van der Waals surface area contributed by atoms with Crippen LogP contribution in [0.1, 0.15) is 5.56 Å². The zero-order chi connectivity index (χ0) is 13.7. The summed E-state index contributed by atoms with van der Waals surface area (Å²) in [4.78, 5) is 4.48. The van der Waals surface area contributed by atoms with Gasteiger partial charge in [0.2, 0.25) is 6.79 Å². The normalized spacial score (nSPS) is 13.1. The molecule has 100 valence electrons. The van der Waals surface area contributed by atoms with Gasteiger partial charge in [0.1, 0.15) is 0 Å². The number of hydrogen-bond donors (Lipinski definition) is 1. The van der Waals surface area contributed by atoms with E-state index in [4.69, 9.17) is 15.2 Å². The Morgan fingerprint density at radius 3 is 2.95 bits per heavy atom. The molecular weight excluding hydrogens is 256 g/mol. The standard InChI is InChI=1S/C14H12N4O2/c1-8-4-10(15)14-16-13(17-18(14)6-8)9-2-3-11-12(5-9)20-7-19-11/h2-6H,7,15H2,1H3. The molecule has 0 amide bonds. The highest BCUT2D eigenvalue weighted by molar-refractivity contribution is 5.70. The predicted molar refractivity (Wildman–Crippen MR) is 73.7 cm³/mol. The average molecular weight is 268 g/mol. The van der Waals surface area contributed by atoms with Crippen molar-refractivity contribution in [3.8, 4) is 22.9 Å². The van der Waals surface area contributed by atoms with Gasteiger partial charge in [-0.2, -0.15) is 0 Å². The molecule has 20 heavy (non-hydrogen) atoms. The number of pyridine rings is 1. The molecule has 1 aromatic carbocycles. The average Bonchev–Trinajstić information content (AvgIpc) is 3.03. The summed E-state index contributed by atoms with van der Waals surface area (Å²) in [5.41, 5.74) is 9.15. The van der Waals surface area contributed by atoms with Gasteiger partial charge in [-0.05, 0) is 36.8 Å². The lowest BCUT2D eigenvalue weighted by Gasteiger charge is -1.97. The van der Waals surface area contributed by atoms with Crippen LogP contribution in [0.3, 0.4) is 0 Å². The number of nitrogen functional groups attached to an aromatic ring is 1. The molecule has 0 fully saturated rings. The third kappa shape index (κ3) is 1.58. The number of benzene rings is 1. The molecular formula is C14H12N4O2. The van der Waals surface area contributed by atoms with E-state index in [9.17, 15) is 0 Å². The lowest BCUT2D eigenvalue weighted by atomic mass is 10.2. The Morgan fingerprint density at radius 1 is 1.20 bits per heavy atom. The number of anilines is 1. The summed E-state index contributed by atoms with van der Waals surface area (Å²) < 4.78 is 12.4. The topological polar surface area (TPSA) is 74.7 Å². The van der Waals surface area contributed by atoms with E-state index in [0.717, 1.165) is 16.9 Å². The summed E-state index contributed by atoms with van der Waals surface area (Å²) in [6.07, 6.45) is 1.90. The van der Waals surface area contributed by atoms with Gasteiger partial charge in [-0.1, -0.05) is 0 Å². The van der Waals surface area contributed by atoms with Crippen molar-refractivity contribution in [1.29, 1.82) is 0 Å². The van der Waals surface area contributed by atoms with Gasteiger partial charge in [0.05, 0.1) is 5.69 Å². The Hall–Kier alpha value is -2.76. The van der Waals surface area contributed by atoms with Gasteiger partial charge in [0, 0.05) is 11.8 Å². The van der Waals surface area contributed by atoms with E-state index in [1.165, 1.54) is 0 Å². The zero-order valence-electron chi connectivity index (χ0n) is 10.8. The highest BCUT2D eigenvalue weighted by atomic mass is 16.7. The number of nitrogens with two attached hydrogens (primary N) is 1. The van der Waals surface area contributed by atoms with Crippen LogP contribution in [0.4, 0.5) is 5.69 Å². The van der Waals surface area contributed by atoms with Crippen LogP contribution in [0.5, 0.6) is 11.5 Å². The monoisotopic (exact) mass is 268 g/mol. The van der Waals surface area contributed by atoms with Gasteiger partial charge in [-0.15, -0.1) is 5.10 Å². The molecule has 0 saturated carbocycles. The summed E-state index contributed by atoms with van der Waals surface area (Å²) in [5.74, 6) is 2.07. The maximum atomic E-state index is 5.97. The van der Waals surface area contributed by atoms with Crippen molar-refractivity contribution in [2.24, 2.45) is 0 Å². The fourth-order valence-electron chi connectivity index (χ4n) is 2.31. The molecule has 0 spiro atoms. The minimum absolute atomic E-state index is 0.253. The molecule has 3 aromatic rings. The summed E-state index contributed by atoms with van der Waals surface area (Å²) in [6.45, 7) is 2.22. The van der Waals surface area contributed by atoms with Crippen molar-refractivity contribution >= 4 is 11.3 Å². The molecule has 0 aliphatic carbocycles. The summed E-state index contributed by atoms with van der Waals surface area (Å²) in [5, 5.41) is 4.46. The Bertz CT molecular complexity index is 825. The second kappa shape index (κ2) is 3.86. The van der Waals surface area contributed by atoms with Crippen molar-refractivity contribution in [3.05, 3.63) is 36.0 Å². The lowest BCUT2D eigenvalue weighted by Crippen LogP contribution is -1.94. The molecule has 0 atom stereocenters. The first kappa shape index (κ1) is 11.1. The number of aromatic nitrogens is 3. The fraction of sp³-hybridized carbons (Fsp3) is 0.143. The van der Waals surface area contributed by atoms with Gasteiger partial charge in [0.25, 0.3) is 0 Å². The maximum absolute atomic E-state index is 5.97. The third-order valence-electron chi connectivity index (χ3n) is 3.23. The van der Waals surface area contributed by atoms with E-state index in [2.05, 4.69) is 10.1 Å². The second-order valence-electron chi connectivity index (χ2n) is 4.74. The van der Waals surface area contributed by atoms with Gasteiger partial charge >= 0.3 is 0 Å². The summed E-state index contributed by atoms with van der Waals surface area (Å²) >= 11 is 0.